The number of hydrogen-bond acceptors (Lipinski definition) is 4. The lowest BCUT2D eigenvalue weighted by Gasteiger charge is -2.21. The molecule has 3 rings (SSSR count). The summed E-state index contributed by atoms with van der Waals surface area (Å²) >= 11 is 0. The van der Waals surface area contributed by atoms with Gasteiger partial charge in [-0.2, -0.15) is 13.2 Å². The average Bonchev–Trinajstić information content (AvgIpc) is 3.20. The summed E-state index contributed by atoms with van der Waals surface area (Å²) in [5.41, 5.74) is 2.37. The van der Waals surface area contributed by atoms with Crippen LogP contribution in [0.2, 0.25) is 0 Å². The second-order valence-corrected chi connectivity index (χ2v) is 8.81. The third-order valence-electron chi connectivity index (χ3n) is 4.77. The second kappa shape index (κ2) is 8.55. The fourth-order valence-corrected chi connectivity index (χ4v) is 4.36. The number of rotatable bonds is 6. The molecule has 2 aromatic carbocycles. The lowest BCUT2D eigenvalue weighted by molar-refractivity contribution is -0.123. The highest BCUT2D eigenvalue weighted by Crippen LogP contribution is 2.27. The van der Waals surface area contributed by atoms with Gasteiger partial charge in [-0.05, 0) is 67.8 Å². The molecule has 0 aromatic heterocycles. The molecule has 0 bridgehead atoms. The summed E-state index contributed by atoms with van der Waals surface area (Å²) in [6.45, 7) is 2.42. The monoisotopic (exact) mass is 441 g/mol. The van der Waals surface area contributed by atoms with E-state index >= 15 is 0 Å². The quantitative estimate of drug-likeness (QED) is 0.717. The number of amides is 1. The Balaban J connectivity index is 1.69. The van der Waals surface area contributed by atoms with Crippen molar-refractivity contribution in [1.29, 1.82) is 0 Å². The Labute approximate surface area is 173 Å². The van der Waals surface area contributed by atoms with Crippen LogP contribution in [0.1, 0.15) is 28.8 Å². The third-order valence-corrected chi connectivity index (χ3v) is 6.17. The molecule has 2 N–H and O–H groups in total. The summed E-state index contributed by atoms with van der Waals surface area (Å²) in [6.07, 6.45) is -2.25. The van der Waals surface area contributed by atoms with Crippen LogP contribution >= 0.6 is 0 Å². The van der Waals surface area contributed by atoms with Gasteiger partial charge < -0.3 is 10.2 Å². The van der Waals surface area contributed by atoms with Gasteiger partial charge in [-0.3, -0.25) is 9.52 Å². The summed E-state index contributed by atoms with van der Waals surface area (Å²) < 4.78 is 64.3. The Kier molecular flexibility index (Phi) is 6.25. The number of nitrogens with one attached hydrogen (secondary N) is 2. The molecule has 30 heavy (non-hydrogen) atoms. The van der Waals surface area contributed by atoms with Gasteiger partial charge in [-0.25, -0.2) is 8.42 Å². The minimum Gasteiger partial charge on any atom is -0.371 e. The molecule has 0 atom stereocenters. The van der Waals surface area contributed by atoms with Crippen LogP contribution in [-0.2, 0) is 10.0 Å². The number of alkyl halides is 3. The van der Waals surface area contributed by atoms with Crippen molar-refractivity contribution in [2.45, 2.75) is 30.8 Å². The number of anilines is 2. The van der Waals surface area contributed by atoms with E-state index in [1.807, 2.05) is 13.0 Å². The first-order chi connectivity index (χ1) is 14.0. The number of aryl methyl sites for hydroxylation is 1. The molecule has 0 radical (unpaired) electrons. The number of nitrogens with zero attached hydrogens (tertiary/aromatic N) is 1. The van der Waals surface area contributed by atoms with Crippen LogP contribution in [0.5, 0.6) is 0 Å². The van der Waals surface area contributed by atoms with Crippen molar-refractivity contribution in [3.05, 3.63) is 53.6 Å². The van der Waals surface area contributed by atoms with Crippen LogP contribution in [0.15, 0.2) is 47.4 Å². The van der Waals surface area contributed by atoms with Crippen LogP contribution in [-0.4, -0.2) is 40.1 Å². The largest absolute Gasteiger partial charge is 0.405 e. The van der Waals surface area contributed by atoms with E-state index in [0.717, 1.165) is 37.2 Å². The van der Waals surface area contributed by atoms with Crippen LogP contribution in [0.4, 0.5) is 24.5 Å². The fraction of sp³-hybridized carbons (Fsp3) is 0.350. The topological polar surface area (TPSA) is 78.5 Å². The zero-order valence-electron chi connectivity index (χ0n) is 16.3. The van der Waals surface area contributed by atoms with Gasteiger partial charge >= 0.3 is 6.18 Å². The van der Waals surface area contributed by atoms with Crippen molar-refractivity contribution in [3.63, 3.8) is 0 Å². The van der Waals surface area contributed by atoms with Crippen molar-refractivity contribution in [1.82, 2.24) is 5.32 Å². The molecule has 1 saturated heterocycles. The molecule has 10 heteroatoms. The van der Waals surface area contributed by atoms with Crippen molar-refractivity contribution in [3.8, 4) is 0 Å². The number of sulfonamides is 1. The first-order valence-corrected chi connectivity index (χ1v) is 10.9. The fourth-order valence-electron chi connectivity index (χ4n) is 3.31. The van der Waals surface area contributed by atoms with Gasteiger partial charge in [-0.15, -0.1) is 0 Å². The molecule has 1 aliphatic heterocycles. The maximum Gasteiger partial charge on any atom is 0.405 e. The van der Waals surface area contributed by atoms with E-state index in [4.69, 9.17) is 0 Å². The molecular weight excluding hydrogens is 419 g/mol. The molecule has 6 nitrogen and oxygen atoms in total. The lowest BCUT2D eigenvalue weighted by Crippen LogP contribution is -2.33. The first-order valence-electron chi connectivity index (χ1n) is 9.39. The first kappa shape index (κ1) is 21.9. The molecule has 1 amide bonds. The Hall–Kier alpha value is -2.75. The molecule has 1 fully saturated rings. The van der Waals surface area contributed by atoms with Crippen molar-refractivity contribution in [2.75, 3.05) is 29.3 Å². The highest BCUT2D eigenvalue weighted by Gasteiger charge is 2.28. The molecule has 0 unspecified atom stereocenters. The van der Waals surface area contributed by atoms with Crippen molar-refractivity contribution < 1.29 is 26.4 Å². The number of carbonyl (C=O) groups excluding carboxylic acids is 1. The maximum atomic E-state index is 12.6. The highest BCUT2D eigenvalue weighted by atomic mass is 32.2. The van der Waals surface area contributed by atoms with Gasteiger partial charge in [0.05, 0.1) is 4.90 Å². The molecule has 1 aliphatic rings. The number of benzene rings is 2. The molecule has 162 valence electrons. The molecule has 1 heterocycles. The Morgan fingerprint density at radius 1 is 1.07 bits per heavy atom. The van der Waals surface area contributed by atoms with Gasteiger partial charge in [0, 0.05) is 30.0 Å². The van der Waals surface area contributed by atoms with Crippen molar-refractivity contribution in [2.24, 2.45) is 0 Å². The SMILES string of the molecule is Cc1cc(NS(=O)(=O)c2ccc(C(=O)NCC(F)(F)F)cc2)ccc1N1CCCC1. The Bertz CT molecular complexity index is 1020. The summed E-state index contributed by atoms with van der Waals surface area (Å²) in [6, 6.07) is 10.0. The average molecular weight is 441 g/mol. The molecule has 0 saturated carbocycles. The van der Waals surface area contributed by atoms with E-state index in [-0.39, 0.29) is 10.5 Å². The molecule has 0 aliphatic carbocycles. The van der Waals surface area contributed by atoms with Gasteiger partial charge in [0.25, 0.3) is 15.9 Å². The van der Waals surface area contributed by atoms with Crippen LogP contribution in [0.25, 0.3) is 0 Å². The molecule has 0 spiro atoms. The van der Waals surface area contributed by atoms with E-state index < -0.39 is 28.7 Å². The maximum absolute atomic E-state index is 12.6. The molecular formula is C20H22F3N3O3S. The Morgan fingerprint density at radius 2 is 1.70 bits per heavy atom. The van der Waals surface area contributed by atoms with Crippen LogP contribution < -0.4 is 14.9 Å². The smallest absolute Gasteiger partial charge is 0.371 e. The van der Waals surface area contributed by atoms with Crippen molar-refractivity contribution >= 4 is 27.3 Å². The van der Waals surface area contributed by atoms with Gasteiger partial charge in [0.1, 0.15) is 6.54 Å². The highest BCUT2D eigenvalue weighted by molar-refractivity contribution is 7.92. The normalized spacial score (nSPS) is 14.6. The lowest BCUT2D eigenvalue weighted by atomic mass is 10.1. The zero-order chi connectivity index (χ0) is 21.9. The van der Waals surface area contributed by atoms with Gasteiger partial charge in [0.2, 0.25) is 0 Å². The standard InChI is InChI=1S/C20H22F3N3O3S/c1-14-12-16(6-9-18(14)26-10-2-3-11-26)25-30(28,29)17-7-4-15(5-8-17)19(27)24-13-20(21,22)23/h4-9,12,25H,2-3,10-11,13H2,1H3,(H,24,27). The number of carbonyl (C=O) groups is 1. The third kappa shape index (κ3) is 5.44. The number of halogens is 3. The van der Waals surface area contributed by atoms with E-state index in [1.54, 1.807) is 17.4 Å². The van der Waals surface area contributed by atoms with Crippen LogP contribution in [0.3, 0.4) is 0 Å². The molecule has 2 aromatic rings. The van der Waals surface area contributed by atoms with E-state index in [2.05, 4.69) is 9.62 Å². The van der Waals surface area contributed by atoms with Crippen LogP contribution in [0, 0.1) is 6.92 Å². The predicted molar refractivity (Wildman–Crippen MR) is 108 cm³/mol. The second-order valence-electron chi connectivity index (χ2n) is 7.12. The predicted octanol–water partition coefficient (Wildman–Crippen LogP) is 3.69. The summed E-state index contributed by atoms with van der Waals surface area (Å²) in [4.78, 5) is 13.9. The van der Waals surface area contributed by atoms with E-state index in [9.17, 15) is 26.4 Å². The van der Waals surface area contributed by atoms with Gasteiger partial charge in [0.15, 0.2) is 0 Å². The van der Waals surface area contributed by atoms with E-state index in [1.165, 1.54) is 24.3 Å². The summed E-state index contributed by atoms with van der Waals surface area (Å²) in [5, 5.41) is 1.74. The zero-order valence-corrected chi connectivity index (χ0v) is 17.1. The minimum atomic E-state index is -4.52. The van der Waals surface area contributed by atoms with Gasteiger partial charge in [-0.1, -0.05) is 0 Å². The summed E-state index contributed by atoms with van der Waals surface area (Å²) in [7, 11) is -3.92. The number of hydrogen-bond donors (Lipinski definition) is 2. The van der Waals surface area contributed by atoms with E-state index in [0.29, 0.717) is 5.69 Å². The minimum absolute atomic E-state index is 0.0657. The Morgan fingerprint density at radius 3 is 2.27 bits per heavy atom. The summed E-state index contributed by atoms with van der Waals surface area (Å²) in [5.74, 6) is -0.933.